The number of aliphatic hydroxyl groups excluding tert-OH is 1. The van der Waals surface area contributed by atoms with Gasteiger partial charge in [-0.25, -0.2) is 0 Å². The van der Waals surface area contributed by atoms with Crippen molar-refractivity contribution in [1.29, 1.82) is 0 Å². The lowest BCUT2D eigenvalue weighted by Gasteiger charge is -2.27. The third-order valence-corrected chi connectivity index (χ3v) is 7.76. The van der Waals surface area contributed by atoms with Gasteiger partial charge in [0.1, 0.15) is 0 Å². The van der Waals surface area contributed by atoms with E-state index in [0.717, 1.165) is 22.2 Å². The van der Waals surface area contributed by atoms with E-state index >= 15 is 0 Å². The number of aromatic nitrogens is 3. The van der Waals surface area contributed by atoms with Gasteiger partial charge in [-0.15, -0.1) is 5.10 Å². The average molecular weight is 524 g/mol. The molecule has 9 heteroatoms. The summed E-state index contributed by atoms with van der Waals surface area (Å²) in [7, 11) is 1.65. The van der Waals surface area contributed by atoms with Gasteiger partial charge in [-0.3, -0.25) is 19.2 Å². The van der Waals surface area contributed by atoms with E-state index in [1.165, 1.54) is 4.90 Å². The molecule has 0 saturated heterocycles. The van der Waals surface area contributed by atoms with E-state index in [1.807, 2.05) is 61.5 Å². The first kappa shape index (κ1) is 25.0. The zero-order chi connectivity index (χ0) is 27.3. The topological polar surface area (TPSA) is 112 Å². The normalized spacial score (nSPS) is 19.1. The number of benzene rings is 3. The van der Waals surface area contributed by atoms with Gasteiger partial charge < -0.3 is 15.1 Å². The minimum atomic E-state index is -1.78. The Morgan fingerprint density at radius 2 is 1.87 bits per heavy atom. The number of aliphatic hydroxyl groups is 2. The Morgan fingerprint density at radius 1 is 1.08 bits per heavy atom. The lowest BCUT2D eigenvalue weighted by Crippen LogP contribution is -2.43. The van der Waals surface area contributed by atoms with Crippen LogP contribution >= 0.6 is 0 Å². The molecule has 0 aliphatic carbocycles. The molecule has 0 bridgehead atoms. The van der Waals surface area contributed by atoms with Crippen LogP contribution in [0.3, 0.4) is 0 Å². The number of amides is 2. The number of carbonyl (C=O) groups excluding carboxylic acids is 2. The van der Waals surface area contributed by atoms with Gasteiger partial charge in [0.2, 0.25) is 0 Å². The Morgan fingerprint density at radius 3 is 2.67 bits per heavy atom. The molecular formula is C30H29N5O4. The standard InChI is InChI=1S/C30H29N5O4/c1-19(7-3-4-15-34-18-21(14-16-36)31-32-34)30(39)24-17-22(12-13-25(24)33(2)29(30)38)35-26-11-6-9-20-8-5-10-23(27(20)26)28(35)37/h3,5-13,17-19,36,39H,4,14-16H2,1-2H3/b7-3+/t19-,30+/m1/s1. The Balaban J connectivity index is 1.29. The molecule has 9 nitrogen and oxygen atoms in total. The van der Waals surface area contributed by atoms with Crippen molar-refractivity contribution < 1.29 is 19.8 Å². The van der Waals surface area contributed by atoms with E-state index in [4.69, 9.17) is 5.11 Å². The van der Waals surface area contributed by atoms with E-state index in [1.54, 1.807) is 35.0 Å². The Bertz CT molecular complexity index is 1640. The molecule has 4 aromatic rings. The van der Waals surface area contributed by atoms with Crippen molar-refractivity contribution in [2.45, 2.75) is 31.9 Å². The molecule has 0 unspecified atom stereocenters. The highest BCUT2D eigenvalue weighted by molar-refractivity contribution is 6.28. The summed E-state index contributed by atoms with van der Waals surface area (Å²) in [6, 6.07) is 16.9. The van der Waals surface area contributed by atoms with Gasteiger partial charge in [-0.05, 0) is 42.1 Å². The number of rotatable bonds is 8. The minimum Gasteiger partial charge on any atom is -0.396 e. The van der Waals surface area contributed by atoms with Crippen LogP contribution in [0.1, 0.15) is 35.0 Å². The monoisotopic (exact) mass is 523 g/mol. The second-order valence-corrected chi connectivity index (χ2v) is 10.1. The SMILES string of the molecule is C[C@H](/C=C/CCn1cc(CCO)nn1)[C@@]1(O)C(=O)N(C)c2ccc(N3C(=O)c4cccc5cccc3c45)cc21. The summed E-state index contributed by atoms with van der Waals surface area (Å²) in [6.07, 6.45) is 6.65. The number of aryl methyl sites for hydroxylation is 1. The summed E-state index contributed by atoms with van der Waals surface area (Å²) in [5, 5.41) is 30.9. The van der Waals surface area contributed by atoms with Crippen LogP contribution in [0.25, 0.3) is 10.8 Å². The molecule has 3 aromatic carbocycles. The van der Waals surface area contributed by atoms with Crippen LogP contribution in [-0.2, 0) is 23.4 Å². The molecular weight excluding hydrogens is 494 g/mol. The van der Waals surface area contributed by atoms with Crippen LogP contribution in [0.2, 0.25) is 0 Å². The molecule has 6 rings (SSSR count). The van der Waals surface area contributed by atoms with Gasteiger partial charge in [0.15, 0.2) is 5.60 Å². The molecule has 198 valence electrons. The Hall–Kier alpha value is -4.34. The van der Waals surface area contributed by atoms with Crippen LogP contribution in [0.4, 0.5) is 17.1 Å². The van der Waals surface area contributed by atoms with Gasteiger partial charge in [0, 0.05) is 55.4 Å². The summed E-state index contributed by atoms with van der Waals surface area (Å²) >= 11 is 0. The summed E-state index contributed by atoms with van der Waals surface area (Å²) in [6.45, 7) is 2.42. The maximum Gasteiger partial charge on any atom is 0.264 e. The van der Waals surface area contributed by atoms with Crippen molar-refractivity contribution in [2.24, 2.45) is 5.92 Å². The van der Waals surface area contributed by atoms with E-state index in [9.17, 15) is 14.7 Å². The predicted molar refractivity (Wildman–Crippen MR) is 148 cm³/mol. The van der Waals surface area contributed by atoms with Crippen molar-refractivity contribution in [3.8, 4) is 0 Å². The molecule has 2 amide bonds. The summed E-state index contributed by atoms with van der Waals surface area (Å²) in [4.78, 5) is 30.0. The third kappa shape index (κ3) is 3.85. The van der Waals surface area contributed by atoms with E-state index in [-0.39, 0.29) is 12.5 Å². The van der Waals surface area contributed by atoms with Gasteiger partial charge in [-0.1, -0.05) is 48.6 Å². The lowest BCUT2D eigenvalue weighted by molar-refractivity contribution is -0.139. The van der Waals surface area contributed by atoms with Crippen molar-refractivity contribution in [2.75, 3.05) is 23.5 Å². The van der Waals surface area contributed by atoms with E-state index < -0.39 is 17.4 Å². The minimum absolute atomic E-state index is 0.0227. The average Bonchev–Trinajstić information content (AvgIpc) is 3.57. The molecule has 0 saturated carbocycles. The zero-order valence-electron chi connectivity index (χ0n) is 21.8. The molecule has 0 fully saturated rings. The summed E-state index contributed by atoms with van der Waals surface area (Å²) < 4.78 is 1.70. The second-order valence-electron chi connectivity index (χ2n) is 10.1. The first-order valence-corrected chi connectivity index (χ1v) is 13.0. The van der Waals surface area contributed by atoms with Crippen molar-refractivity contribution in [3.05, 3.63) is 89.8 Å². The smallest absolute Gasteiger partial charge is 0.264 e. The van der Waals surface area contributed by atoms with Gasteiger partial charge in [-0.2, -0.15) is 0 Å². The highest BCUT2D eigenvalue weighted by atomic mass is 16.3. The van der Waals surface area contributed by atoms with Gasteiger partial charge in [0.25, 0.3) is 11.8 Å². The summed E-state index contributed by atoms with van der Waals surface area (Å²) in [5.41, 5.74) is 2.08. The maximum atomic E-state index is 13.5. The number of fused-ring (bicyclic) bond motifs is 1. The predicted octanol–water partition coefficient (Wildman–Crippen LogP) is 3.70. The number of carbonyl (C=O) groups is 2. The molecule has 2 N–H and O–H groups in total. The van der Waals surface area contributed by atoms with Crippen LogP contribution in [0, 0.1) is 5.92 Å². The lowest BCUT2D eigenvalue weighted by atomic mass is 9.82. The van der Waals surface area contributed by atoms with Crippen molar-refractivity contribution in [1.82, 2.24) is 15.0 Å². The number of hydrogen-bond donors (Lipinski definition) is 2. The Labute approximate surface area is 225 Å². The van der Waals surface area contributed by atoms with Crippen LogP contribution in [-0.4, -0.2) is 50.7 Å². The first-order chi connectivity index (χ1) is 18.8. The highest BCUT2D eigenvalue weighted by Gasteiger charge is 2.51. The molecule has 2 atom stereocenters. The zero-order valence-corrected chi connectivity index (χ0v) is 21.8. The highest BCUT2D eigenvalue weighted by Crippen LogP contribution is 2.48. The van der Waals surface area contributed by atoms with E-state index in [2.05, 4.69) is 10.3 Å². The van der Waals surface area contributed by atoms with E-state index in [0.29, 0.717) is 41.9 Å². The fourth-order valence-corrected chi connectivity index (χ4v) is 5.68. The third-order valence-electron chi connectivity index (χ3n) is 7.76. The number of hydrogen-bond acceptors (Lipinski definition) is 6. The van der Waals surface area contributed by atoms with Gasteiger partial charge >= 0.3 is 0 Å². The fraction of sp³-hybridized carbons (Fsp3) is 0.267. The van der Waals surface area contributed by atoms with Crippen LogP contribution in [0.15, 0.2) is 72.9 Å². The molecule has 2 aliphatic rings. The first-order valence-electron chi connectivity index (χ1n) is 13.0. The second kappa shape index (κ2) is 9.44. The number of nitrogens with zero attached hydrogens (tertiary/aromatic N) is 5. The molecule has 0 radical (unpaired) electrons. The number of anilines is 3. The summed E-state index contributed by atoms with van der Waals surface area (Å²) in [5.74, 6) is -1.07. The van der Waals surface area contributed by atoms with Crippen LogP contribution < -0.4 is 9.80 Å². The van der Waals surface area contributed by atoms with Crippen LogP contribution in [0.5, 0.6) is 0 Å². The van der Waals surface area contributed by atoms with Crippen molar-refractivity contribution >= 4 is 39.6 Å². The largest absolute Gasteiger partial charge is 0.396 e. The molecule has 3 heterocycles. The van der Waals surface area contributed by atoms with Gasteiger partial charge in [0.05, 0.1) is 22.6 Å². The molecule has 1 aromatic heterocycles. The maximum absolute atomic E-state index is 13.5. The quantitative estimate of drug-likeness (QED) is 0.341. The Kier molecular flexibility index (Phi) is 6.05. The molecule has 39 heavy (non-hydrogen) atoms. The fourth-order valence-electron chi connectivity index (χ4n) is 5.68. The van der Waals surface area contributed by atoms with Crippen molar-refractivity contribution in [3.63, 3.8) is 0 Å². The molecule has 2 aliphatic heterocycles. The molecule has 0 spiro atoms. The number of allylic oxidation sites excluding steroid dienone is 1. The number of likely N-dealkylation sites (N-methyl/N-ethyl adjacent to an activating group) is 1.